The summed E-state index contributed by atoms with van der Waals surface area (Å²) in [6, 6.07) is 4.16. The van der Waals surface area contributed by atoms with E-state index in [2.05, 4.69) is 11.8 Å². The lowest BCUT2D eigenvalue weighted by Gasteiger charge is -2.20. The number of rotatable bonds is 6. The number of aliphatic hydroxyl groups excluding tert-OH is 1. The van der Waals surface area contributed by atoms with Gasteiger partial charge in [0.2, 0.25) is 0 Å². The van der Waals surface area contributed by atoms with Gasteiger partial charge in [0.1, 0.15) is 12.4 Å². The van der Waals surface area contributed by atoms with Crippen molar-refractivity contribution < 1.29 is 19.0 Å². The van der Waals surface area contributed by atoms with E-state index in [0.29, 0.717) is 26.3 Å². The standard InChI is InChI=1S/C16H20FNO3/c1-3-18(9-11-21-4-2)16(20)14-8-7-13(6-5-10-19)15(17)12-14/h7-8,12,19H,3-4,9-11H2,1-2H3. The lowest BCUT2D eigenvalue weighted by Crippen LogP contribution is -2.34. The first-order valence-corrected chi connectivity index (χ1v) is 6.90. The Morgan fingerprint density at radius 2 is 2.19 bits per heavy atom. The van der Waals surface area contributed by atoms with E-state index < -0.39 is 5.82 Å². The Morgan fingerprint density at radius 3 is 2.76 bits per heavy atom. The van der Waals surface area contributed by atoms with Gasteiger partial charge >= 0.3 is 0 Å². The first-order valence-electron chi connectivity index (χ1n) is 6.90. The van der Waals surface area contributed by atoms with Gasteiger partial charge in [0.25, 0.3) is 5.91 Å². The van der Waals surface area contributed by atoms with Crippen LogP contribution in [-0.2, 0) is 4.74 Å². The van der Waals surface area contributed by atoms with E-state index in [1.165, 1.54) is 18.2 Å². The van der Waals surface area contributed by atoms with E-state index in [0.717, 1.165) is 0 Å². The number of hydrogen-bond acceptors (Lipinski definition) is 3. The van der Waals surface area contributed by atoms with E-state index in [4.69, 9.17) is 9.84 Å². The Bertz CT molecular complexity index is 534. The van der Waals surface area contributed by atoms with Gasteiger partial charge in [-0.1, -0.05) is 11.8 Å². The average molecular weight is 293 g/mol. The number of carbonyl (C=O) groups excluding carboxylic acids is 1. The first-order chi connectivity index (χ1) is 10.1. The van der Waals surface area contributed by atoms with Crippen LogP contribution in [-0.4, -0.2) is 48.8 Å². The summed E-state index contributed by atoms with van der Waals surface area (Å²) in [6.45, 7) is 5.47. The van der Waals surface area contributed by atoms with Crippen molar-refractivity contribution in [2.45, 2.75) is 13.8 Å². The van der Waals surface area contributed by atoms with E-state index >= 15 is 0 Å². The number of carbonyl (C=O) groups is 1. The van der Waals surface area contributed by atoms with Gasteiger partial charge in [0, 0.05) is 25.3 Å². The summed E-state index contributed by atoms with van der Waals surface area (Å²) in [5.74, 6) is 4.06. The molecule has 0 bridgehead atoms. The van der Waals surface area contributed by atoms with Crippen LogP contribution >= 0.6 is 0 Å². The third-order valence-electron chi connectivity index (χ3n) is 2.90. The first kappa shape index (κ1) is 17.2. The third-order valence-corrected chi connectivity index (χ3v) is 2.90. The summed E-state index contributed by atoms with van der Waals surface area (Å²) in [7, 11) is 0. The minimum atomic E-state index is -0.567. The molecule has 0 aromatic heterocycles. The van der Waals surface area contributed by atoms with Crippen molar-refractivity contribution in [2.75, 3.05) is 32.9 Å². The summed E-state index contributed by atoms with van der Waals surface area (Å²) < 4.78 is 19.1. The molecule has 1 N–H and O–H groups in total. The fourth-order valence-corrected chi connectivity index (χ4v) is 1.79. The molecule has 1 aromatic carbocycles. The van der Waals surface area contributed by atoms with Gasteiger partial charge in [-0.15, -0.1) is 0 Å². The molecule has 1 aromatic rings. The minimum absolute atomic E-state index is 0.165. The molecular weight excluding hydrogens is 273 g/mol. The molecule has 0 saturated heterocycles. The lowest BCUT2D eigenvalue weighted by atomic mass is 10.1. The maximum atomic E-state index is 13.8. The Hall–Kier alpha value is -1.90. The largest absolute Gasteiger partial charge is 0.384 e. The summed E-state index contributed by atoms with van der Waals surface area (Å²) in [5.41, 5.74) is 0.443. The van der Waals surface area contributed by atoms with Crippen LogP contribution in [0.3, 0.4) is 0 Å². The molecule has 0 atom stereocenters. The Balaban J connectivity index is 2.83. The van der Waals surface area contributed by atoms with Crippen LogP contribution in [0, 0.1) is 17.7 Å². The highest BCUT2D eigenvalue weighted by Gasteiger charge is 2.15. The van der Waals surface area contributed by atoms with Crippen molar-refractivity contribution in [3.05, 3.63) is 35.1 Å². The minimum Gasteiger partial charge on any atom is -0.384 e. The van der Waals surface area contributed by atoms with Crippen LogP contribution in [0.1, 0.15) is 29.8 Å². The molecule has 1 amide bonds. The van der Waals surface area contributed by atoms with Crippen molar-refractivity contribution in [1.29, 1.82) is 0 Å². The van der Waals surface area contributed by atoms with Gasteiger partial charge in [0.05, 0.1) is 12.2 Å². The van der Waals surface area contributed by atoms with Crippen LogP contribution in [0.5, 0.6) is 0 Å². The quantitative estimate of drug-likeness (QED) is 0.641. The molecule has 0 radical (unpaired) electrons. The fourth-order valence-electron chi connectivity index (χ4n) is 1.79. The van der Waals surface area contributed by atoms with Crippen LogP contribution < -0.4 is 0 Å². The number of ether oxygens (including phenoxy) is 1. The van der Waals surface area contributed by atoms with Gasteiger partial charge < -0.3 is 14.7 Å². The monoisotopic (exact) mass is 293 g/mol. The van der Waals surface area contributed by atoms with Crippen molar-refractivity contribution in [2.24, 2.45) is 0 Å². The van der Waals surface area contributed by atoms with Crippen molar-refractivity contribution in [3.8, 4) is 11.8 Å². The predicted molar refractivity (Wildman–Crippen MR) is 78.4 cm³/mol. The van der Waals surface area contributed by atoms with Gasteiger partial charge in [-0.25, -0.2) is 4.39 Å². The number of amides is 1. The zero-order chi connectivity index (χ0) is 15.7. The zero-order valence-corrected chi connectivity index (χ0v) is 12.4. The highest BCUT2D eigenvalue weighted by atomic mass is 19.1. The maximum absolute atomic E-state index is 13.8. The maximum Gasteiger partial charge on any atom is 0.254 e. The summed E-state index contributed by atoms with van der Waals surface area (Å²) in [6.07, 6.45) is 0. The molecule has 1 rings (SSSR count). The molecule has 0 aliphatic heterocycles. The predicted octanol–water partition coefficient (Wildman–Crippen LogP) is 1.67. The second kappa shape index (κ2) is 9.11. The molecule has 114 valence electrons. The average Bonchev–Trinajstić information content (AvgIpc) is 2.50. The smallest absolute Gasteiger partial charge is 0.254 e. The second-order valence-electron chi connectivity index (χ2n) is 4.24. The molecule has 0 unspecified atom stereocenters. The number of hydrogen-bond donors (Lipinski definition) is 1. The molecule has 5 heteroatoms. The fraction of sp³-hybridized carbons (Fsp3) is 0.438. The molecule has 0 spiro atoms. The molecule has 4 nitrogen and oxygen atoms in total. The lowest BCUT2D eigenvalue weighted by molar-refractivity contribution is 0.0669. The Morgan fingerprint density at radius 1 is 1.43 bits per heavy atom. The number of halogens is 1. The van der Waals surface area contributed by atoms with Crippen LogP contribution in [0.2, 0.25) is 0 Å². The number of nitrogens with zero attached hydrogens (tertiary/aromatic N) is 1. The zero-order valence-electron chi connectivity index (χ0n) is 12.4. The molecular formula is C16H20FNO3. The SMILES string of the molecule is CCOCCN(CC)C(=O)c1ccc(C#CCO)c(F)c1. The summed E-state index contributed by atoms with van der Waals surface area (Å²) >= 11 is 0. The normalized spacial score (nSPS) is 9.90. The summed E-state index contributed by atoms with van der Waals surface area (Å²) in [5, 5.41) is 8.60. The molecule has 0 aliphatic rings. The number of likely N-dealkylation sites (N-methyl/N-ethyl adjacent to an activating group) is 1. The van der Waals surface area contributed by atoms with Crippen molar-refractivity contribution >= 4 is 5.91 Å². The van der Waals surface area contributed by atoms with Gasteiger partial charge in [-0.3, -0.25) is 4.79 Å². The molecule has 21 heavy (non-hydrogen) atoms. The van der Waals surface area contributed by atoms with Gasteiger partial charge in [-0.05, 0) is 32.0 Å². The molecule has 0 saturated carbocycles. The van der Waals surface area contributed by atoms with E-state index in [-0.39, 0.29) is 23.6 Å². The van der Waals surface area contributed by atoms with Crippen LogP contribution in [0.25, 0.3) is 0 Å². The third kappa shape index (κ3) is 5.18. The van der Waals surface area contributed by atoms with Crippen molar-refractivity contribution in [3.63, 3.8) is 0 Å². The number of benzene rings is 1. The number of aliphatic hydroxyl groups is 1. The van der Waals surface area contributed by atoms with Crippen molar-refractivity contribution in [1.82, 2.24) is 4.90 Å². The second-order valence-corrected chi connectivity index (χ2v) is 4.24. The van der Waals surface area contributed by atoms with E-state index in [1.54, 1.807) is 4.90 Å². The summed E-state index contributed by atoms with van der Waals surface area (Å²) in [4.78, 5) is 13.9. The molecule has 0 aliphatic carbocycles. The highest BCUT2D eigenvalue weighted by Crippen LogP contribution is 2.12. The van der Waals surface area contributed by atoms with Crippen LogP contribution in [0.4, 0.5) is 4.39 Å². The molecule has 0 fully saturated rings. The van der Waals surface area contributed by atoms with E-state index in [9.17, 15) is 9.18 Å². The van der Waals surface area contributed by atoms with Gasteiger partial charge in [-0.2, -0.15) is 0 Å². The molecule has 0 heterocycles. The highest BCUT2D eigenvalue weighted by molar-refractivity contribution is 5.94. The van der Waals surface area contributed by atoms with E-state index in [1.807, 2.05) is 13.8 Å². The van der Waals surface area contributed by atoms with Gasteiger partial charge in [0.15, 0.2) is 0 Å². The van der Waals surface area contributed by atoms with Crippen LogP contribution in [0.15, 0.2) is 18.2 Å². The Kier molecular flexibility index (Phi) is 7.44. The Labute approximate surface area is 124 Å². The topological polar surface area (TPSA) is 49.8 Å².